The highest BCUT2D eigenvalue weighted by atomic mass is 79.9. The molecule has 24 heavy (non-hydrogen) atoms. The van der Waals surface area contributed by atoms with Gasteiger partial charge in [0.25, 0.3) is 0 Å². The van der Waals surface area contributed by atoms with Gasteiger partial charge in [-0.3, -0.25) is 9.79 Å². The Bertz CT molecular complexity index is 555. The number of benzene rings is 1. The number of rotatable bonds is 7. The van der Waals surface area contributed by atoms with Crippen LogP contribution in [0.15, 0.2) is 33.7 Å². The summed E-state index contributed by atoms with van der Waals surface area (Å²) in [5, 5.41) is 6.16. The minimum absolute atomic E-state index is 0.0279. The zero-order chi connectivity index (χ0) is 18.2. The molecule has 0 aliphatic carbocycles. The lowest BCUT2D eigenvalue weighted by Crippen LogP contribution is -2.42. The fourth-order valence-electron chi connectivity index (χ4n) is 2.15. The maximum atomic E-state index is 12.1. The molecule has 0 aliphatic rings. The maximum Gasteiger partial charge on any atom is 0.227 e. The van der Waals surface area contributed by atoms with Crippen molar-refractivity contribution in [3.8, 4) is 0 Å². The molecule has 0 bridgehead atoms. The number of aliphatic imine (C=N–C) groups is 1. The van der Waals surface area contributed by atoms with Crippen LogP contribution in [0.1, 0.15) is 33.3 Å². The maximum absolute atomic E-state index is 12.1. The first-order chi connectivity index (χ1) is 11.3. The molecule has 0 atom stereocenters. The smallest absolute Gasteiger partial charge is 0.227 e. The number of guanidine groups is 1. The summed E-state index contributed by atoms with van der Waals surface area (Å²) < 4.78 is 1.07. The molecular weight excluding hydrogens is 368 g/mol. The summed E-state index contributed by atoms with van der Waals surface area (Å²) in [4.78, 5) is 18.8. The topological polar surface area (TPSA) is 56.7 Å². The third kappa shape index (κ3) is 6.51. The number of nitrogens with one attached hydrogen (secondary N) is 2. The Morgan fingerprint density at radius 3 is 2.29 bits per heavy atom. The number of halogens is 1. The lowest BCUT2D eigenvalue weighted by Gasteiger charge is -2.25. The van der Waals surface area contributed by atoms with Crippen molar-refractivity contribution in [1.82, 2.24) is 15.5 Å². The van der Waals surface area contributed by atoms with Crippen LogP contribution in [0.25, 0.3) is 0 Å². The van der Waals surface area contributed by atoms with Gasteiger partial charge in [0.15, 0.2) is 5.96 Å². The summed E-state index contributed by atoms with van der Waals surface area (Å²) >= 11 is 3.45. The van der Waals surface area contributed by atoms with Crippen LogP contribution in [0, 0.1) is 5.41 Å². The predicted octanol–water partition coefficient (Wildman–Crippen LogP) is 3.01. The predicted molar refractivity (Wildman–Crippen MR) is 104 cm³/mol. The largest absolute Gasteiger partial charge is 0.357 e. The van der Waals surface area contributed by atoms with Crippen LogP contribution in [0.5, 0.6) is 0 Å². The lowest BCUT2D eigenvalue weighted by molar-refractivity contribution is -0.128. The molecule has 1 amide bonds. The molecular formula is C18H29BrN4O. The quantitative estimate of drug-likeness (QED) is 0.549. The Labute approximate surface area is 154 Å². The summed E-state index contributed by atoms with van der Waals surface area (Å²) in [5.41, 5.74) is 0.670. The van der Waals surface area contributed by atoms with Crippen molar-refractivity contribution in [3.05, 3.63) is 34.3 Å². The number of hydrogen-bond donors (Lipinski definition) is 2. The van der Waals surface area contributed by atoms with Crippen molar-refractivity contribution in [2.75, 3.05) is 26.7 Å². The van der Waals surface area contributed by atoms with Gasteiger partial charge in [0.05, 0.1) is 12.0 Å². The molecule has 5 nitrogen and oxygen atoms in total. The molecule has 2 N–H and O–H groups in total. The van der Waals surface area contributed by atoms with Crippen molar-refractivity contribution < 1.29 is 4.79 Å². The molecule has 0 radical (unpaired) electrons. The van der Waals surface area contributed by atoms with Crippen molar-refractivity contribution in [2.24, 2.45) is 10.4 Å². The fraction of sp³-hybridized carbons (Fsp3) is 0.556. The number of carbonyl (C=O) groups is 1. The first kappa shape index (κ1) is 20.5. The molecule has 0 saturated heterocycles. The minimum atomic E-state index is -0.533. The Morgan fingerprint density at radius 1 is 1.17 bits per heavy atom. The van der Waals surface area contributed by atoms with E-state index in [9.17, 15) is 4.79 Å². The van der Waals surface area contributed by atoms with Gasteiger partial charge in [-0.1, -0.05) is 28.1 Å². The molecule has 1 aromatic carbocycles. The number of nitrogens with zero attached hydrogens (tertiary/aromatic N) is 2. The molecule has 1 aromatic rings. The average Bonchev–Trinajstić information content (AvgIpc) is 2.53. The molecule has 1 rings (SSSR count). The van der Waals surface area contributed by atoms with E-state index in [0.717, 1.165) is 23.5 Å². The van der Waals surface area contributed by atoms with Crippen LogP contribution in [-0.4, -0.2) is 43.4 Å². The second kappa shape index (κ2) is 9.67. The minimum Gasteiger partial charge on any atom is -0.357 e. The van der Waals surface area contributed by atoms with Crippen molar-refractivity contribution >= 4 is 27.8 Å². The third-order valence-corrected chi connectivity index (χ3v) is 4.13. The number of carbonyl (C=O) groups excluding carboxylic acids is 1. The highest BCUT2D eigenvalue weighted by Gasteiger charge is 2.27. The van der Waals surface area contributed by atoms with E-state index in [1.807, 2.05) is 46.9 Å². The second-order valence-electron chi connectivity index (χ2n) is 6.40. The number of hydrogen-bond acceptors (Lipinski definition) is 2. The van der Waals surface area contributed by atoms with E-state index in [1.54, 1.807) is 0 Å². The molecule has 0 aromatic heterocycles. The van der Waals surface area contributed by atoms with E-state index < -0.39 is 5.41 Å². The highest BCUT2D eigenvalue weighted by molar-refractivity contribution is 9.10. The summed E-state index contributed by atoms with van der Waals surface area (Å²) in [6.07, 6.45) is 0. The van der Waals surface area contributed by atoms with Gasteiger partial charge >= 0.3 is 0 Å². The Kier molecular flexibility index (Phi) is 8.25. The van der Waals surface area contributed by atoms with Crippen LogP contribution in [-0.2, 0) is 11.3 Å². The van der Waals surface area contributed by atoms with Gasteiger partial charge in [-0.05, 0) is 45.4 Å². The fourth-order valence-corrected chi connectivity index (χ4v) is 2.42. The Hall–Kier alpha value is -1.56. The van der Waals surface area contributed by atoms with Gasteiger partial charge in [0.2, 0.25) is 5.91 Å². The average molecular weight is 397 g/mol. The summed E-state index contributed by atoms with van der Waals surface area (Å²) in [6.45, 7) is 10.4. The normalized spacial score (nSPS) is 12.0. The van der Waals surface area contributed by atoms with E-state index in [2.05, 4.69) is 48.6 Å². The third-order valence-electron chi connectivity index (χ3n) is 3.61. The van der Waals surface area contributed by atoms with Crippen LogP contribution in [0.2, 0.25) is 0 Å². The summed E-state index contributed by atoms with van der Waals surface area (Å²) in [5.74, 6) is 0.831. The van der Waals surface area contributed by atoms with Gasteiger partial charge < -0.3 is 15.5 Å². The zero-order valence-corrected chi connectivity index (χ0v) is 16.9. The lowest BCUT2D eigenvalue weighted by atomic mass is 9.92. The van der Waals surface area contributed by atoms with Crippen LogP contribution in [0.3, 0.4) is 0 Å². The molecule has 134 valence electrons. The summed E-state index contributed by atoms with van der Waals surface area (Å²) in [7, 11) is 2.00. The van der Waals surface area contributed by atoms with E-state index in [4.69, 9.17) is 0 Å². The van der Waals surface area contributed by atoms with Crippen LogP contribution in [0.4, 0.5) is 0 Å². The van der Waals surface area contributed by atoms with Gasteiger partial charge in [-0.15, -0.1) is 0 Å². The van der Waals surface area contributed by atoms with Gasteiger partial charge in [-0.2, -0.15) is 0 Å². The van der Waals surface area contributed by atoms with Gasteiger partial charge in [-0.25, -0.2) is 0 Å². The molecule has 0 saturated carbocycles. The molecule has 6 heteroatoms. The Balaban J connectivity index is 2.80. The monoisotopic (exact) mass is 396 g/mol. The molecule has 0 unspecified atom stereocenters. The van der Waals surface area contributed by atoms with E-state index in [1.165, 1.54) is 5.56 Å². The highest BCUT2D eigenvalue weighted by Crippen LogP contribution is 2.16. The SMILES string of the molecule is CCNC(=O)C(C)(C)CN=C(NCC)N(C)Cc1ccc(Br)cc1. The molecule has 0 fully saturated rings. The number of amides is 1. The van der Waals surface area contributed by atoms with Crippen molar-refractivity contribution in [3.63, 3.8) is 0 Å². The van der Waals surface area contributed by atoms with Gasteiger partial charge in [0, 0.05) is 31.2 Å². The van der Waals surface area contributed by atoms with E-state index in [0.29, 0.717) is 13.1 Å². The van der Waals surface area contributed by atoms with Crippen molar-refractivity contribution in [2.45, 2.75) is 34.2 Å². The molecule has 0 heterocycles. The standard InChI is InChI=1S/C18H29BrN4O/c1-6-20-16(24)18(3,4)13-22-17(21-7-2)23(5)12-14-8-10-15(19)11-9-14/h8-11H,6-7,12-13H2,1-5H3,(H,20,24)(H,21,22). The van der Waals surface area contributed by atoms with E-state index >= 15 is 0 Å². The van der Waals surface area contributed by atoms with Gasteiger partial charge in [0.1, 0.15) is 0 Å². The molecule has 0 aliphatic heterocycles. The van der Waals surface area contributed by atoms with Crippen LogP contribution >= 0.6 is 15.9 Å². The summed E-state index contributed by atoms with van der Waals surface area (Å²) in [6, 6.07) is 8.24. The van der Waals surface area contributed by atoms with Crippen molar-refractivity contribution in [1.29, 1.82) is 0 Å². The first-order valence-corrected chi connectivity index (χ1v) is 9.11. The Morgan fingerprint density at radius 2 is 1.75 bits per heavy atom. The second-order valence-corrected chi connectivity index (χ2v) is 7.31. The van der Waals surface area contributed by atoms with Crippen LogP contribution < -0.4 is 10.6 Å². The molecule has 0 spiro atoms. The van der Waals surface area contributed by atoms with E-state index in [-0.39, 0.29) is 5.91 Å². The first-order valence-electron chi connectivity index (χ1n) is 8.32. The zero-order valence-electron chi connectivity index (χ0n) is 15.3.